The Labute approximate surface area is 198 Å². The van der Waals surface area contributed by atoms with Gasteiger partial charge in [-0.1, -0.05) is 66.7 Å². The van der Waals surface area contributed by atoms with Gasteiger partial charge in [0.1, 0.15) is 5.92 Å². The summed E-state index contributed by atoms with van der Waals surface area (Å²) in [4.78, 5) is 12.4. The number of benzene rings is 3. The monoisotopic (exact) mass is 455 g/mol. The van der Waals surface area contributed by atoms with E-state index in [0.717, 1.165) is 22.4 Å². The predicted molar refractivity (Wildman–Crippen MR) is 132 cm³/mol. The van der Waals surface area contributed by atoms with E-state index in [1.807, 2.05) is 72.8 Å². The molecule has 0 saturated heterocycles. The van der Waals surface area contributed by atoms with Gasteiger partial charge in [-0.3, -0.25) is 4.79 Å². The number of ether oxygens (including phenoxy) is 3. The summed E-state index contributed by atoms with van der Waals surface area (Å²) in [6, 6.07) is 25.2. The summed E-state index contributed by atoms with van der Waals surface area (Å²) in [5.41, 5.74) is 3.59. The molecule has 1 unspecified atom stereocenters. The highest BCUT2D eigenvalue weighted by molar-refractivity contribution is 6.19. The van der Waals surface area contributed by atoms with E-state index in [1.54, 1.807) is 32.6 Å². The number of methoxy groups -OCH3 is 2. The van der Waals surface area contributed by atoms with Crippen molar-refractivity contribution in [1.29, 1.82) is 0 Å². The lowest BCUT2D eigenvalue weighted by molar-refractivity contribution is -0.122. The van der Waals surface area contributed by atoms with Crippen molar-refractivity contribution in [3.8, 4) is 11.5 Å². The molecular formula is C27H25N3O4. The quantitative estimate of drug-likeness (QED) is 0.546. The SMILES string of the molecule is COc1ccc(/C=C/NC(=O)COC2=NN=C(c3ccccc3)C2c2ccccc2)cc1OC. The maximum absolute atomic E-state index is 12.4. The van der Waals surface area contributed by atoms with Crippen LogP contribution in [0.3, 0.4) is 0 Å². The molecule has 1 heterocycles. The molecule has 3 aromatic rings. The summed E-state index contributed by atoms with van der Waals surface area (Å²) in [7, 11) is 3.16. The molecule has 7 nitrogen and oxygen atoms in total. The lowest BCUT2D eigenvalue weighted by atomic mass is 9.90. The van der Waals surface area contributed by atoms with Crippen LogP contribution in [0.5, 0.6) is 11.5 Å². The van der Waals surface area contributed by atoms with Crippen LogP contribution in [-0.4, -0.2) is 38.3 Å². The van der Waals surface area contributed by atoms with Crippen molar-refractivity contribution in [2.45, 2.75) is 5.92 Å². The molecule has 4 rings (SSSR count). The molecule has 1 aliphatic rings. The average Bonchev–Trinajstić information content (AvgIpc) is 3.32. The number of carbonyl (C=O) groups excluding carboxylic acids is 1. The summed E-state index contributed by atoms with van der Waals surface area (Å²) in [6.07, 6.45) is 3.32. The van der Waals surface area contributed by atoms with Gasteiger partial charge in [0.05, 0.1) is 19.9 Å². The molecular weight excluding hydrogens is 430 g/mol. The summed E-state index contributed by atoms with van der Waals surface area (Å²) >= 11 is 0. The third-order valence-electron chi connectivity index (χ3n) is 5.26. The fraction of sp³-hybridized carbons (Fsp3) is 0.148. The standard InChI is InChI=1S/C27H25N3O4/c1-32-22-14-13-19(17-23(22)33-2)15-16-28-24(31)18-34-27-25(20-9-5-3-6-10-20)26(29-30-27)21-11-7-4-8-12-21/h3-17,25H,18H2,1-2H3,(H,28,31)/b16-15+. The molecule has 0 fully saturated rings. The van der Waals surface area contributed by atoms with E-state index in [4.69, 9.17) is 14.2 Å². The molecule has 7 heteroatoms. The Balaban J connectivity index is 1.39. The minimum absolute atomic E-state index is 0.184. The zero-order valence-corrected chi connectivity index (χ0v) is 19.0. The highest BCUT2D eigenvalue weighted by Crippen LogP contribution is 2.29. The molecule has 3 aromatic carbocycles. The van der Waals surface area contributed by atoms with E-state index in [1.165, 1.54) is 0 Å². The van der Waals surface area contributed by atoms with Gasteiger partial charge in [0.15, 0.2) is 18.1 Å². The lowest BCUT2D eigenvalue weighted by Gasteiger charge is -2.16. The summed E-state index contributed by atoms with van der Waals surface area (Å²) in [5, 5.41) is 11.3. The minimum atomic E-state index is -0.306. The topological polar surface area (TPSA) is 81.5 Å². The van der Waals surface area contributed by atoms with Crippen molar-refractivity contribution in [3.05, 3.63) is 102 Å². The maximum Gasteiger partial charge on any atom is 0.261 e. The van der Waals surface area contributed by atoms with E-state index in [-0.39, 0.29) is 18.4 Å². The van der Waals surface area contributed by atoms with Crippen molar-refractivity contribution < 1.29 is 19.0 Å². The Kier molecular flexibility index (Phi) is 7.35. The van der Waals surface area contributed by atoms with Gasteiger partial charge >= 0.3 is 0 Å². The summed E-state index contributed by atoms with van der Waals surface area (Å²) < 4.78 is 16.3. The fourth-order valence-electron chi connectivity index (χ4n) is 3.60. The number of nitrogens with one attached hydrogen (secondary N) is 1. The van der Waals surface area contributed by atoms with Crippen molar-refractivity contribution in [1.82, 2.24) is 5.32 Å². The van der Waals surface area contributed by atoms with Crippen LogP contribution in [0.4, 0.5) is 0 Å². The molecule has 1 N–H and O–H groups in total. The van der Waals surface area contributed by atoms with Crippen LogP contribution >= 0.6 is 0 Å². The second-order valence-electron chi connectivity index (χ2n) is 7.44. The zero-order chi connectivity index (χ0) is 23.8. The average molecular weight is 456 g/mol. The van der Waals surface area contributed by atoms with Crippen LogP contribution in [0.2, 0.25) is 0 Å². The minimum Gasteiger partial charge on any atom is -0.493 e. The van der Waals surface area contributed by atoms with Gasteiger partial charge in [0.25, 0.3) is 5.91 Å². The molecule has 0 bridgehead atoms. The van der Waals surface area contributed by atoms with Crippen LogP contribution in [0.25, 0.3) is 6.08 Å². The molecule has 0 spiro atoms. The van der Waals surface area contributed by atoms with Gasteiger partial charge in [0.2, 0.25) is 5.90 Å². The predicted octanol–water partition coefficient (Wildman–Crippen LogP) is 4.41. The molecule has 172 valence electrons. The Bertz CT molecular complexity index is 1220. The third-order valence-corrected chi connectivity index (χ3v) is 5.26. The van der Waals surface area contributed by atoms with Crippen molar-refractivity contribution in [2.24, 2.45) is 10.2 Å². The highest BCUT2D eigenvalue weighted by atomic mass is 16.5. The molecule has 1 atom stereocenters. The number of hydrogen-bond donors (Lipinski definition) is 1. The number of rotatable bonds is 8. The van der Waals surface area contributed by atoms with Crippen LogP contribution < -0.4 is 14.8 Å². The number of nitrogens with zero attached hydrogens (tertiary/aromatic N) is 2. The summed E-state index contributed by atoms with van der Waals surface area (Å²) in [6.45, 7) is -0.184. The first-order valence-electron chi connectivity index (χ1n) is 10.8. The Hall–Kier alpha value is -4.39. The van der Waals surface area contributed by atoms with E-state index in [0.29, 0.717) is 17.4 Å². The van der Waals surface area contributed by atoms with Crippen molar-refractivity contribution >= 4 is 23.6 Å². The second-order valence-corrected chi connectivity index (χ2v) is 7.44. The Morgan fingerprint density at radius 1 is 0.912 bits per heavy atom. The highest BCUT2D eigenvalue weighted by Gasteiger charge is 2.31. The van der Waals surface area contributed by atoms with E-state index in [9.17, 15) is 4.79 Å². The van der Waals surface area contributed by atoms with E-state index < -0.39 is 0 Å². The molecule has 0 saturated carbocycles. The molecule has 1 amide bonds. The molecule has 34 heavy (non-hydrogen) atoms. The first-order valence-corrected chi connectivity index (χ1v) is 10.8. The molecule has 0 radical (unpaired) electrons. The largest absolute Gasteiger partial charge is 0.493 e. The second kappa shape index (κ2) is 11.0. The van der Waals surface area contributed by atoms with E-state index >= 15 is 0 Å². The Morgan fingerprint density at radius 3 is 2.32 bits per heavy atom. The van der Waals surface area contributed by atoms with Gasteiger partial charge in [-0.25, -0.2) is 0 Å². The summed E-state index contributed by atoms with van der Waals surface area (Å²) in [5.74, 6) is 1.06. The van der Waals surface area contributed by atoms with Crippen molar-refractivity contribution in [2.75, 3.05) is 20.8 Å². The molecule has 1 aliphatic heterocycles. The zero-order valence-electron chi connectivity index (χ0n) is 19.0. The van der Waals surface area contributed by atoms with Crippen LogP contribution in [-0.2, 0) is 9.53 Å². The number of hydrogen-bond acceptors (Lipinski definition) is 6. The number of amides is 1. The lowest BCUT2D eigenvalue weighted by Crippen LogP contribution is -2.28. The smallest absolute Gasteiger partial charge is 0.261 e. The fourth-order valence-corrected chi connectivity index (χ4v) is 3.60. The maximum atomic E-state index is 12.4. The normalized spacial score (nSPS) is 14.9. The van der Waals surface area contributed by atoms with Gasteiger partial charge in [-0.05, 0) is 34.9 Å². The van der Waals surface area contributed by atoms with Crippen LogP contribution in [0.15, 0.2) is 95.3 Å². The Morgan fingerprint density at radius 2 is 1.62 bits per heavy atom. The molecule has 0 aliphatic carbocycles. The first kappa shape index (κ1) is 22.8. The van der Waals surface area contributed by atoms with E-state index in [2.05, 4.69) is 15.5 Å². The van der Waals surface area contributed by atoms with Gasteiger partial charge in [-0.2, -0.15) is 5.10 Å². The van der Waals surface area contributed by atoms with Gasteiger partial charge in [-0.15, -0.1) is 5.10 Å². The number of carbonyl (C=O) groups is 1. The van der Waals surface area contributed by atoms with Gasteiger partial charge < -0.3 is 19.5 Å². The molecule has 0 aromatic heterocycles. The van der Waals surface area contributed by atoms with Crippen LogP contribution in [0.1, 0.15) is 22.6 Å². The van der Waals surface area contributed by atoms with Crippen molar-refractivity contribution in [3.63, 3.8) is 0 Å². The van der Waals surface area contributed by atoms with Gasteiger partial charge in [0, 0.05) is 6.20 Å². The first-order chi connectivity index (χ1) is 16.7. The third kappa shape index (κ3) is 5.32. The van der Waals surface area contributed by atoms with Crippen LogP contribution in [0, 0.1) is 0 Å².